The van der Waals surface area contributed by atoms with E-state index in [1.165, 1.54) is 34.0 Å². The van der Waals surface area contributed by atoms with Gasteiger partial charge in [0.05, 0.1) is 20.5 Å². The van der Waals surface area contributed by atoms with E-state index in [-0.39, 0.29) is 4.90 Å². The topological polar surface area (TPSA) is 85.1 Å². The molecular formula is C22H19N3O2S4. The summed E-state index contributed by atoms with van der Waals surface area (Å²) in [6.45, 7) is 6.04. The van der Waals surface area contributed by atoms with Crippen molar-refractivity contribution in [1.82, 2.24) is 4.98 Å². The SMILES string of the molecule is C=C(Nc1ccc(S(N)(=O)=O)cc1)S/C(=C\C)c1nc(-c2cc3ccccc3s2)cs1. The molecule has 158 valence electrons. The minimum Gasteiger partial charge on any atom is -0.350 e. The lowest BCUT2D eigenvalue weighted by atomic mass is 10.2. The Morgan fingerprint density at radius 2 is 1.94 bits per heavy atom. The van der Waals surface area contributed by atoms with Crippen LogP contribution in [0.3, 0.4) is 0 Å². The first kappa shape index (κ1) is 21.8. The van der Waals surface area contributed by atoms with Gasteiger partial charge in [-0.1, -0.05) is 42.6 Å². The summed E-state index contributed by atoms with van der Waals surface area (Å²) in [6, 6.07) is 16.7. The summed E-state index contributed by atoms with van der Waals surface area (Å²) in [5.74, 6) is 0. The van der Waals surface area contributed by atoms with Crippen LogP contribution in [0, 0.1) is 0 Å². The predicted molar refractivity (Wildman–Crippen MR) is 135 cm³/mol. The number of allylic oxidation sites excluding steroid dienone is 1. The number of hydrogen-bond donors (Lipinski definition) is 2. The molecule has 2 heterocycles. The van der Waals surface area contributed by atoms with Crippen molar-refractivity contribution >= 4 is 65.1 Å². The van der Waals surface area contributed by atoms with E-state index >= 15 is 0 Å². The Kier molecular flexibility index (Phi) is 6.31. The Morgan fingerprint density at radius 1 is 1.19 bits per heavy atom. The van der Waals surface area contributed by atoms with E-state index in [0.717, 1.165) is 26.2 Å². The number of thioether (sulfide) groups is 1. The van der Waals surface area contributed by atoms with Gasteiger partial charge in [-0.15, -0.1) is 22.7 Å². The van der Waals surface area contributed by atoms with Crippen LogP contribution in [0.2, 0.25) is 0 Å². The summed E-state index contributed by atoms with van der Waals surface area (Å²) in [7, 11) is -3.71. The standard InChI is InChI=1S/C22H19N3O2S4/c1-3-19(29-14(2)24-16-8-10-17(11-9-16)31(23,26)27)22-25-18(13-28-22)21-12-15-6-4-5-7-20(15)30-21/h3-13,24H,2H2,1H3,(H2,23,26,27)/b19-3-. The second-order valence-electron chi connectivity index (χ2n) is 6.56. The predicted octanol–water partition coefficient (Wildman–Crippen LogP) is 6.35. The van der Waals surface area contributed by atoms with Crippen LogP contribution in [-0.2, 0) is 10.0 Å². The fraction of sp³-hybridized carbons (Fsp3) is 0.0455. The molecule has 4 aromatic rings. The third kappa shape index (κ3) is 5.08. The average Bonchev–Trinajstić information content (AvgIpc) is 3.38. The highest BCUT2D eigenvalue weighted by atomic mass is 32.2. The molecule has 0 radical (unpaired) electrons. The van der Waals surface area contributed by atoms with E-state index in [2.05, 4.69) is 35.5 Å². The maximum atomic E-state index is 11.4. The molecule has 0 aliphatic carbocycles. The van der Waals surface area contributed by atoms with Crippen molar-refractivity contribution < 1.29 is 8.42 Å². The zero-order valence-corrected chi connectivity index (χ0v) is 19.8. The smallest absolute Gasteiger partial charge is 0.238 e. The quantitative estimate of drug-likeness (QED) is 0.319. The fourth-order valence-electron chi connectivity index (χ4n) is 2.88. The number of benzene rings is 2. The van der Waals surface area contributed by atoms with Gasteiger partial charge in [0, 0.05) is 20.7 Å². The summed E-state index contributed by atoms with van der Waals surface area (Å²) in [4.78, 5) is 7.05. The molecule has 0 spiro atoms. The number of nitrogens with zero attached hydrogens (tertiary/aromatic N) is 1. The lowest BCUT2D eigenvalue weighted by Gasteiger charge is -2.10. The lowest BCUT2D eigenvalue weighted by molar-refractivity contribution is 0.598. The molecule has 0 aliphatic rings. The first-order valence-corrected chi connectivity index (χ1v) is 13.3. The minimum absolute atomic E-state index is 0.0713. The largest absolute Gasteiger partial charge is 0.350 e. The molecule has 4 rings (SSSR count). The Hall–Kier alpha value is -2.43. The molecule has 2 aromatic heterocycles. The summed E-state index contributed by atoms with van der Waals surface area (Å²) in [5.41, 5.74) is 1.70. The van der Waals surface area contributed by atoms with Crippen molar-refractivity contribution in [3.63, 3.8) is 0 Å². The highest BCUT2D eigenvalue weighted by Gasteiger charge is 2.13. The summed E-state index contributed by atoms with van der Waals surface area (Å²) < 4.78 is 24.0. The fourth-order valence-corrected chi connectivity index (χ4v) is 6.24. The number of rotatable bonds is 7. The van der Waals surface area contributed by atoms with Crippen LogP contribution in [0.1, 0.15) is 11.9 Å². The molecular weight excluding hydrogens is 467 g/mol. The number of fused-ring (bicyclic) bond motifs is 1. The van der Waals surface area contributed by atoms with Gasteiger partial charge in [-0.2, -0.15) is 0 Å². The molecule has 5 nitrogen and oxygen atoms in total. The number of nitrogens with two attached hydrogens (primary N) is 1. The van der Waals surface area contributed by atoms with Crippen molar-refractivity contribution in [2.75, 3.05) is 5.32 Å². The zero-order valence-electron chi connectivity index (χ0n) is 16.5. The Morgan fingerprint density at radius 3 is 2.61 bits per heavy atom. The van der Waals surface area contributed by atoms with E-state index < -0.39 is 10.0 Å². The van der Waals surface area contributed by atoms with Gasteiger partial charge in [-0.25, -0.2) is 18.5 Å². The van der Waals surface area contributed by atoms with E-state index in [1.54, 1.807) is 34.8 Å². The monoisotopic (exact) mass is 485 g/mol. The van der Waals surface area contributed by atoms with Crippen LogP contribution in [0.5, 0.6) is 0 Å². The van der Waals surface area contributed by atoms with Gasteiger partial charge in [0.2, 0.25) is 10.0 Å². The third-order valence-corrected chi connectivity index (χ3v) is 8.42. The van der Waals surface area contributed by atoms with Crippen LogP contribution >= 0.6 is 34.4 Å². The van der Waals surface area contributed by atoms with Crippen molar-refractivity contribution in [2.24, 2.45) is 5.14 Å². The van der Waals surface area contributed by atoms with Crippen LogP contribution in [-0.4, -0.2) is 13.4 Å². The van der Waals surface area contributed by atoms with Crippen molar-refractivity contribution in [1.29, 1.82) is 0 Å². The Bertz CT molecular complexity index is 1350. The van der Waals surface area contributed by atoms with E-state index in [0.29, 0.717) is 5.03 Å². The van der Waals surface area contributed by atoms with E-state index in [4.69, 9.17) is 10.1 Å². The molecule has 2 aromatic carbocycles. The maximum Gasteiger partial charge on any atom is 0.238 e. The van der Waals surface area contributed by atoms with E-state index in [1.807, 2.05) is 25.1 Å². The average molecular weight is 486 g/mol. The maximum absolute atomic E-state index is 11.4. The van der Waals surface area contributed by atoms with Crippen molar-refractivity contribution in [2.45, 2.75) is 11.8 Å². The molecule has 0 aliphatic heterocycles. The molecule has 0 amide bonds. The van der Waals surface area contributed by atoms with E-state index in [9.17, 15) is 8.42 Å². The number of anilines is 1. The van der Waals surface area contributed by atoms with Gasteiger partial charge < -0.3 is 5.32 Å². The first-order chi connectivity index (χ1) is 14.8. The first-order valence-electron chi connectivity index (χ1n) is 9.21. The van der Waals surface area contributed by atoms with Crippen molar-refractivity contribution in [3.05, 3.63) is 82.7 Å². The second kappa shape index (κ2) is 8.97. The molecule has 0 saturated carbocycles. The number of thiophene rings is 1. The van der Waals surface area contributed by atoms with Gasteiger partial charge in [0.15, 0.2) is 0 Å². The highest BCUT2D eigenvalue weighted by Crippen LogP contribution is 2.39. The summed E-state index contributed by atoms with van der Waals surface area (Å²) in [5, 5.41) is 13.3. The van der Waals surface area contributed by atoms with Crippen LogP contribution < -0.4 is 10.5 Å². The number of hydrogen-bond acceptors (Lipinski definition) is 7. The van der Waals surface area contributed by atoms with Crippen molar-refractivity contribution in [3.8, 4) is 10.6 Å². The summed E-state index contributed by atoms with van der Waals surface area (Å²) in [6.07, 6.45) is 2.01. The van der Waals surface area contributed by atoms with Crippen LogP contribution in [0.25, 0.3) is 25.6 Å². The van der Waals surface area contributed by atoms with Crippen LogP contribution in [0.15, 0.2) is 82.6 Å². The molecule has 0 fully saturated rings. The minimum atomic E-state index is -3.71. The summed E-state index contributed by atoms with van der Waals surface area (Å²) >= 11 is 4.81. The van der Waals surface area contributed by atoms with Gasteiger partial charge >= 0.3 is 0 Å². The number of sulfonamides is 1. The highest BCUT2D eigenvalue weighted by molar-refractivity contribution is 8.12. The molecule has 9 heteroatoms. The van der Waals surface area contributed by atoms with Gasteiger partial charge in [0.25, 0.3) is 0 Å². The second-order valence-corrected chi connectivity index (χ2v) is 11.2. The zero-order chi connectivity index (χ0) is 22.0. The number of thiazole rings is 1. The normalized spacial score (nSPS) is 12.3. The van der Waals surface area contributed by atoms with Gasteiger partial charge in [0.1, 0.15) is 5.01 Å². The third-order valence-electron chi connectivity index (χ3n) is 4.35. The molecule has 3 N–H and O–H groups in total. The Balaban J connectivity index is 1.46. The molecule has 0 bridgehead atoms. The number of nitrogens with one attached hydrogen (secondary N) is 1. The molecule has 0 saturated heterocycles. The number of primary sulfonamides is 1. The Labute approximate surface area is 193 Å². The molecule has 0 atom stereocenters. The molecule has 0 unspecified atom stereocenters. The van der Waals surface area contributed by atoms with Gasteiger partial charge in [-0.3, -0.25) is 0 Å². The van der Waals surface area contributed by atoms with Gasteiger partial charge in [-0.05, 0) is 48.7 Å². The number of aromatic nitrogens is 1. The lowest BCUT2D eigenvalue weighted by Crippen LogP contribution is -2.11. The van der Waals surface area contributed by atoms with Crippen LogP contribution in [0.4, 0.5) is 5.69 Å². The molecule has 31 heavy (non-hydrogen) atoms.